The van der Waals surface area contributed by atoms with Crippen LogP contribution < -0.4 is 11.1 Å². The predicted molar refractivity (Wildman–Crippen MR) is 146 cm³/mol. The van der Waals surface area contributed by atoms with E-state index in [0.29, 0.717) is 0 Å². The van der Waals surface area contributed by atoms with E-state index in [1.54, 1.807) is 0 Å². The summed E-state index contributed by atoms with van der Waals surface area (Å²) in [7, 11) is 0. The molecule has 4 heterocycles. The number of hydrogen-bond acceptors (Lipinski definition) is 20. The number of ether oxygens (including phenoxy) is 7. The van der Waals surface area contributed by atoms with Gasteiger partial charge in [0.25, 0.3) is 0 Å². The Morgan fingerprint density at radius 1 is 0.617 bits per heavy atom. The van der Waals surface area contributed by atoms with Gasteiger partial charge in [0.15, 0.2) is 25.2 Å². The lowest BCUT2D eigenvalue weighted by molar-refractivity contribution is -0.397. The molecule has 0 aliphatic carbocycles. The van der Waals surface area contributed by atoms with E-state index in [2.05, 4.69) is 5.32 Å². The minimum absolute atomic E-state index is 0.698. The summed E-state index contributed by atoms with van der Waals surface area (Å²) in [5.74, 6) is -0.698. The van der Waals surface area contributed by atoms with Crippen molar-refractivity contribution < 1.29 is 94.1 Å². The van der Waals surface area contributed by atoms with Crippen LogP contribution in [-0.4, -0.2) is 205 Å². The highest BCUT2D eigenvalue weighted by Crippen LogP contribution is 2.35. The minimum Gasteiger partial charge on any atom is -0.394 e. The van der Waals surface area contributed by atoms with Crippen molar-refractivity contribution in [3.8, 4) is 0 Å². The third-order valence-corrected chi connectivity index (χ3v) is 8.65. The van der Waals surface area contributed by atoms with E-state index >= 15 is 0 Å². The van der Waals surface area contributed by atoms with Crippen molar-refractivity contribution in [3.05, 3.63) is 0 Å². The predicted octanol–water partition coefficient (Wildman–Crippen LogP) is -8.61. The molecule has 4 aliphatic rings. The van der Waals surface area contributed by atoms with Gasteiger partial charge in [-0.05, 0) is 6.92 Å². The van der Waals surface area contributed by atoms with Crippen molar-refractivity contribution in [2.45, 2.75) is 137 Å². The van der Waals surface area contributed by atoms with E-state index in [0.717, 1.165) is 6.92 Å². The lowest BCUT2D eigenvalue weighted by atomic mass is 9.94. The summed E-state index contributed by atoms with van der Waals surface area (Å²) in [6.07, 6.45) is -30.1. The Morgan fingerprint density at radius 3 is 1.77 bits per heavy atom. The van der Waals surface area contributed by atoms with Gasteiger partial charge in [-0.1, -0.05) is 0 Å². The van der Waals surface area contributed by atoms with Gasteiger partial charge in [0.2, 0.25) is 5.91 Å². The molecule has 0 aromatic rings. The van der Waals surface area contributed by atoms with Crippen LogP contribution in [-0.2, 0) is 38.0 Å². The fourth-order valence-corrected chi connectivity index (χ4v) is 5.90. The number of aliphatic hydroxyl groups is 11. The van der Waals surface area contributed by atoms with Gasteiger partial charge in [0, 0.05) is 6.92 Å². The van der Waals surface area contributed by atoms with E-state index in [-0.39, 0.29) is 0 Å². The Hall–Kier alpha value is -1.29. The largest absolute Gasteiger partial charge is 0.394 e. The Kier molecular flexibility index (Phi) is 13.2. The maximum atomic E-state index is 12.0. The van der Waals surface area contributed by atoms with Gasteiger partial charge in [-0.15, -0.1) is 0 Å². The second kappa shape index (κ2) is 16.2. The number of carbonyl (C=O) groups excluding carboxylic acids is 1. The lowest BCUT2D eigenvalue weighted by Gasteiger charge is -2.50. The van der Waals surface area contributed by atoms with Crippen molar-refractivity contribution in [1.82, 2.24) is 5.32 Å². The molecule has 4 rings (SSSR count). The van der Waals surface area contributed by atoms with Gasteiger partial charge < -0.3 is 100 Å². The van der Waals surface area contributed by atoms with Gasteiger partial charge in [-0.3, -0.25) is 4.79 Å². The Bertz CT molecular complexity index is 1020. The molecule has 0 bridgehead atoms. The fourth-order valence-electron chi connectivity index (χ4n) is 5.90. The topological polar surface area (TPSA) is 342 Å². The summed E-state index contributed by atoms with van der Waals surface area (Å²) in [5, 5.41) is 117. The molecule has 0 aromatic carbocycles. The monoisotopic (exact) mass is 690 g/mol. The van der Waals surface area contributed by atoms with Gasteiger partial charge in [0.1, 0.15) is 85.4 Å². The summed E-state index contributed by atoms with van der Waals surface area (Å²) in [5.41, 5.74) is 5.83. The molecule has 47 heavy (non-hydrogen) atoms. The molecule has 21 nitrogen and oxygen atoms in total. The molecule has 4 fully saturated rings. The van der Waals surface area contributed by atoms with Crippen LogP contribution in [0.3, 0.4) is 0 Å². The van der Waals surface area contributed by atoms with E-state index in [1.165, 1.54) is 6.92 Å². The van der Waals surface area contributed by atoms with E-state index in [9.17, 15) is 61.0 Å². The van der Waals surface area contributed by atoms with Gasteiger partial charge >= 0.3 is 0 Å². The summed E-state index contributed by atoms with van der Waals surface area (Å²) in [4.78, 5) is 12.0. The van der Waals surface area contributed by atoms with Crippen LogP contribution in [0.15, 0.2) is 0 Å². The van der Waals surface area contributed by atoms with E-state index < -0.39 is 148 Å². The number of aliphatic hydroxyl groups excluding tert-OH is 11. The molecule has 0 spiro atoms. The normalized spacial score (nSPS) is 51.0. The maximum Gasteiger partial charge on any atom is 0.217 e. The molecule has 4 aliphatic heterocycles. The second-order valence-corrected chi connectivity index (χ2v) is 11.9. The third kappa shape index (κ3) is 8.04. The summed E-state index contributed by atoms with van der Waals surface area (Å²) < 4.78 is 40.1. The van der Waals surface area contributed by atoms with Gasteiger partial charge in [-0.2, -0.15) is 0 Å². The highest BCUT2D eigenvalue weighted by Gasteiger charge is 2.56. The van der Waals surface area contributed by atoms with Gasteiger partial charge in [-0.25, -0.2) is 0 Å². The van der Waals surface area contributed by atoms with Crippen LogP contribution in [0.4, 0.5) is 0 Å². The zero-order valence-corrected chi connectivity index (χ0v) is 25.4. The lowest BCUT2D eigenvalue weighted by Crippen LogP contribution is -2.70. The number of rotatable bonds is 10. The number of carbonyl (C=O) groups is 1. The zero-order valence-electron chi connectivity index (χ0n) is 25.4. The van der Waals surface area contributed by atoms with Crippen LogP contribution in [0.1, 0.15) is 13.8 Å². The second-order valence-electron chi connectivity index (χ2n) is 11.9. The SMILES string of the molecule is CC(=O)N[C@H]1[C@@H](O[C@H]2[C@@H](O)[C@@H](CO)O[C@@H](O[C@H]3[C@H](O)[C@@H](N)[C@H](O)O[C@@H]3CO)[C@@H]2O[C@@H]2O[C@@H](C)[C@@H](O)[C@@H](O)[C@@H]2O)O[C@H](CO)[C@H](O)[C@@H]1O. The van der Waals surface area contributed by atoms with Crippen LogP contribution in [0, 0.1) is 0 Å². The maximum absolute atomic E-state index is 12.0. The Labute approximate surface area is 267 Å². The van der Waals surface area contributed by atoms with E-state index in [1.807, 2.05) is 0 Å². The van der Waals surface area contributed by atoms with Crippen LogP contribution >= 0.6 is 0 Å². The number of amides is 1. The molecule has 14 N–H and O–H groups in total. The number of nitrogens with two attached hydrogens (primary N) is 1. The highest BCUT2D eigenvalue weighted by atomic mass is 16.8. The van der Waals surface area contributed by atoms with Crippen LogP contribution in [0.2, 0.25) is 0 Å². The van der Waals surface area contributed by atoms with Crippen molar-refractivity contribution in [2.75, 3.05) is 19.8 Å². The molecule has 1 amide bonds. The minimum atomic E-state index is -1.92. The third-order valence-electron chi connectivity index (χ3n) is 8.65. The summed E-state index contributed by atoms with van der Waals surface area (Å²) in [6.45, 7) is -0.0607. The van der Waals surface area contributed by atoms with E-state index in [4.69, 9.17) is 38.9 Å². The molecule has 4 saturated heterocycles. The number of hydrogen-bond donors (Lipinski definition) is 13. The molecule has 0 aromatic heterocycles. The molecule has 0 radical (unpaired) electrons. The van der Waals surface area contributed by atoms with Crippen molar-refractivity contribution >= 4 is 5.91 Å². The molecule has 274 valence electrons. The molecule has 0 saturated carbocycles. The molecular weight excluding hydrogens is 644 g/mol. The quantitative estimate of drug-likeness (QED) is 0.101. The first-order chi connectivity index (χ1) is 22.1. The summed E-state index contributed by atoms with van der Waals surface area (Å²) in [6, 6.07) is -2.97. The Morgan fingerprint density at radius 2 is 1.17 bits per heavy atom. The first-order valence-corrected chi connectivity index (χ1v) is 15.0. The average Bonchev–Trinajstić information content (AvgIpc) is 3.04. The van der Waals surface area contributed by atoms with Gasteiger partial charge in [0.05, 0.1) is 32.0 Å². The molecular formula is C26H46N2O19. The molecule has 20 atom stereocenters. The highest BCUT2D eigenvalue weighted by molar-refractivity contribution is 5.73. The number of nitrogens with one attached hydrogen (secondary N) is 1. The summed E-state index contributed by atoms with van der Waals surface area (Å²) >= 11 is 0. The zero-order chi connectivity index (χ0) is 34.9. The van der Waals surface area contributed by atoms with Crippen molar-refractivity contribution in [3.63, 3.8) is 0 Å². The Balaban J connectivity index is 1.73. The van der Waals surface area contributed by atoms with Crippen LogP contribution in [0.25, 0.3) is 0 Å². The first-order valence-electron chi connectivity index (χ1n) is 15.0. The average molecular weight is 691 g/mol. The van der Waals surface area contributed by atoms with Crippen LogP contribution in [0.5, 0.6) is 0 Å². The first kappa shape index (κ1) is 38.5. The molecule has 0 unspecified atom stereocenters. The fraction of sp³-hybridized carbons (Fsp3) is 0.962. The molecule has 21 heteroatoms. The van der Waals surface area contributed by atoms with Crippen molar-refractivity contribution in [2.24, 2.45) is 5.73 Å². The standard InChI is InChI=1S/C26H46N2O19/c1-6-13(33)18(38)19(39)25(41-6)47-22-21(46-24-12(28-7(2)32)17(37)14(34)8(3-29)43-24)15(35)9(4-30)44-26(22)45-20-10(5-31)42-23(40)11(27)16(20)36/h6,8-26,29-31,33-40H,3-5,27H2,1-2H3,(H,28,32)/t6-,8+,9+,10+,11+,12+,13+,14-,15-,16+,17+,18+,19-,20+,21-,22+,23+,24+,25-,26-/m0/s1. The smallest absolute Gasteiger partial charge is 0.217 e. The van der Waals surface area contributed by atoms with Crippen molar-refractivity contribution in [1.29, 1.82) is 0 Å².